The third-order valence-electron chi connectivity index (χ3n) is 5.09. The predicted molar refractivity (Wildman–Crippen MR) is 111 cm³/mol. The van der Waals surface area contributed by atoms with Crippen LogP contribution in [0, 0.1) is 13.8 Å². The zero-order chi connectivity index (χ0) is 20.0. The van der Waals surface area contributed by atoms with Gasteiger partial charge in [-0.25, -0.2) is 8.42 Å². The molecule has 27 heavy (non-hydrogen) atoms. The predicted octanol–water partition coefficient (Wildman–Crippen LogP) is 2.45. The van der Waals surface area contributed by atoms with Gasteiger partial charge in [0, 0.05) is 6.54 Å². The summed E-state index contributed by atoms with van der Waals surface area (Å²) in [5.74, 6) is -0.264. The third-order valence-corrected chi connectivity index (χ3v) is 6.32. The van der Waals surface area contributed by atoms with Crippen molar-refractivity contribution in [2.75, 3.05) is 36.7 Å². The number of anilines is 1. The Bertz CT molecular complexity index is 743. The Morgan fingerprint density at radius 1 is 1.22 bits per heavy atom. The Balaban J connectivity index is 1.99. The standard InChI is InChI=1S/C20H33N3O3S/c1-16-9-10-17(2)19(15-16)23(27(4,25)26)18(3)20(24)21-11-8-14-22-12-6-5-7-13-22/h9-10,15,18H,5-8,11-14H2,1-4H3,(H,21,24)/t18-/m0/s1. The number of likely N-dealkylation sites (tertiary alicyclic amines) is 1. The van der Waals surface area contributed by atoms with Gasteiger partial charge in [-0.1, -0.05) is 18.6 Å². The SMILES string of the molecule is Cc1ccc(C)c(N([C@@H](C)C(=O)NCCCN2CCCCC2)S(C)(=O)=O)c1. The van der Waals surface area contributed by atoms with Gasteiger partial charge in [0.25, 0.3) is 0 Å². The Kier molecular flexibility index (Phi) is 7.68. The Morgan fingerprint density at radius 3 is 2.52 bits per heavy atom. The first-order chi connectivity index (χ1) is 12.7. The minimum atomic E-state index is -3.58. The molecular weight excluding hydrogens is 362 g/mol. The van der Waals surface area contributed by atoms with E-state index in [1.165, 1.54) is 23.6 Å². The van der Waals surface area contributed by atoms with E-state index >= 15 is 0 Å². The maximum absolute atomic E-state index is 12.6. The van der Waals surface area contributed by atoms with Gasteiger partial charge in [-0.15, -0.1) is 0 Å². The molecule has 1 heterocycles. The summed E-state index contributed by atoms with van der Waals surface area (Å²) in [7, 11) is -3.58. The highest BCUT2D eigenvalue weighted by Gasteiger charge is 2.30. The maximum Gasteiger partial charge on any atom is 0.243 e. The van der Waals surface area contributed by atoms with E-state index in [1.807, 2.05) is 32.0 Å². The second-order valence-electron chi connectivity index (χ2n) is 7.57. The molecule has 2 rings (SSSR count). The average Bonchev–Trinajstić information content (AvgIpc) is 2.61. The summed E-state index contributed by atoms with van der Waals surface area (Å²) in [5, 5.41) is 2.91. The van der Waals surface area contributed by atoms with Gasteiger partial charge in [0.1, 0.15) is 6.04 Å². The van der Waals surface area contributed by atoms with Gasteiger partial charge in [-0.05, 0) is 76.9 Å². The van der Waals surface area contributed by atoms with Crippen molar-refractivity contribution in [3.8, 4) is 0 Å². The molecule has 1 amide bonds. The summed E-state index contributed by atoms with van der Waals surface area (Å²) in [6.45, 7) is 9.22. The van der Waals surface area contributed by atoms with Crippen LogP contribution in [0.25, 0.3) is 0 Å². The van der Waals surface area contributed by atoms with Crippen LogP contribution < -0.4 is 9.62 Å². The molecule has 1 N–H and O–H groups in total. The van der Waals surface area contributed by atoms with Crippen molar-refractivity contribution in [3.05, 3.63) is 29.3 Å². The van der Waals surface area contributed by atoms with E-state index in [0.29, 0.717) is 12.2 Å². The van der Waals surface area contributed by atoms with Crippen LogP contribution in [-0.4, -0.2) is 57.7 Å². The molecule has 0 spiro atoms. The number of sulfonamides is 1. The van der Waals surface area contributed by atoms with Gasteiger partial charge in [-0.3, -0.25) is 9.10 Å². The lowest BCUT2D eigenvalue weighted by Gasteiger charge is -2.30. The lowest BCUT2D eigenvalue weighted by atomic mass is 10.1. The number of nitrogens with one attached hydrogen (secondary N) is 1. The van der Waals surface area contributed by atoms with Crippen LogP contribution in [0.2, 0.25) is 0 Å². The number of hydrogen-bond acceptors (Lipinski definition) is 4. The minimum Gasteiger partial charge on any atom is -0.354 e. The van der Waals surface area contributed by atoms with Crippen LogP contribution in [0.5, 0.6) is 0 Å². The molecular formula is C20H33N3O3S. The molecule has 0 aromatic heterocycles. The second kappa shape index (κ2) is 9.55. The largest absolute Gasteiger partial charge is 0.354 e. The first-order valence-corrected chi connectivity index (χ1v) is 11.6. The fourth-order valence-electron chi connectivity index (χ4n) is 3.58. The fraction of sp³-hybridized carbons (Fsp3) is 0.650. The van der Waals surface area contributed by atoms with Crippen molar-refractivity contribution in [1.82, 2.24) is 10.2 Å². The highest BCUT2D eigenvalue weighted by molar-refractivity contribution is 7.92. The quantitative estimate of drug-likeness (QED) is 0.687. The van der Waals surface area contributed by atoms with Crippen molar-refractivity contribution in [2.45, 2.75) is 52.5 Å². The highest BCUT2D eigenvalue weighted by atomic mass is 32.2. The molecule has 1 aromatic rings. The van der Waals surface area contributed by atoms with Crippen molar-refractivity contribution in [3.63, 3.8) is 0 Å². The molecule has 1 atom stereocenters. The smallest absolute Gasteiger partial charge is 0.243 e. The van der Waals surface area contributed by atoms with E-state index in [2.05, 4.69) is 10.2 Å². The summed E-state index contributed by atoms with van der Waals surface area (Å²) in [6, 6.07) is 4.84. The monoisotopic (exact) mass is 395 g/mol. The van der Waals surface area contributed by atoms with E-state index in [4.69, 9.17) is 0 Å². The zero-order valence-corrected chi connectivity index (χ0v) is 17.8. The van der Waals surface area contributed by atoms with Crippen LogP contribution in [0.4, 0.5) is 5.69 Å². The Morgan fingerprint density at radius 2 is 1.89 bits per heavy atom. The molecule has 152 valence electrons. The first-order valence-electron chi connectivity index (χ1n) is 9.77. The number of carbonyl (C=O) groups is 1. The number of benzene rings is 1. The molecule has 0 radical (unpaired) electrons. The molecule has 0 aliphatic carbocycles. The molecule has 1 saturated heterocycles. The molecule has 0 unspecified atom stereocenters. The number of amides is 1. The van der Waals surface area contributed by atoms with Gasteiger partial charge in [-0.2, -0.15) is 0 Å². The molecule has 7 heteroatoms. The van der Waals surface area contributed by atoms with Gasteiger partial charge in [0.2, 0.25) is 15.9 Å². The topological polar surface area (TPSA) is 69.7 Å². The van der Waals surface area contributed by atoms with Gasteiger partial charge >= 0.3 is 0 Å². The fourth-order valence-corrected chi connectivity index (χ4v) is 4.81. The molecule has 1 aromatic carbocycles. The van der Waals surface area contributed by atoms with E-state index in [9.17, 15) is 13.2 Å². The maximum atomic E-state index is 12.6. The number of rotatable bonds is 8. The molecule has 0 bridgehead atoms. The van der Waals surface area contributed by atoms with E-state index in [0.717, 1.165) is 43.4 Å². The number of hydrogen-bond donors (Lipinski definition) is 1. The Hall–Kier alpha value is -1.60. The van der Waals surface area contributed by atoms with Crippen LogP contribution in [0.1, 0.15) is 43.7 Å². The molecule has 6 nitrogen and oxygen atoms in total. The summed E-state index contributed by atoms with van der Waals surface area (Å²) >= 11 is 0. The highest BCUT2D eigenvalue weighted by Crippen LogP contribution is 2.26. The lowest BCUT2D eigenvalue weighted by Crippen LogP contribution is -2.48. The van der Waals surface area contributed by atoms with E-state index < -0.39 is 16.1 Å². The average molecular weight is 396 g/mol. The molecule has 1 fully saturated rings. The number of carbonyl (C=O) groups excluding carboxylic acids is 1. The van der Waals surface area contributed by atoms with Crippen molar-refractivity contribution in [1.29, 1.82) is 0 Å². The van der Waals surface area contributed by atoms with Crippen LogP contribution in [0.3, 0.4) is 0 Å². The van der Waals surface area contributed by atoms with E-state index in [-0.39, 0.29) is 5.91 Å². The van der Waals surface area contributed by atoms with Gasteiger partial charge < -0.3 is 10.2 Å². The van der Waals surface area contributed by atoms with Crippen molar-refractivity contribution in [2.24, 2.45) is 0 Å². The van der Waals surface area contributed by atoms with Gasteiger partial charge in [0.05, 0.1) is 11.9 Å². The normalized spacial score (nSPS) is 16.7. The Labute approximate surface area is 164 Å². The molecule has 0 saturated carbocycles. The summed E-state index contributed by atoms with van der Waals surface area (Å²) in [5.41, 5.74) is 2.35. The van der Waals surface area contributed by atoms with Crippen molar-refractivity contribution < 1.29 is 13.2 Å². The number of nitrogens with zero attached hydrogens (tertiary/aromatic N) is 2. The zero-order valence-electron chi connectivity index (χ0n) is 17.0. The molecule has 1 aliphatic rings. The first kappa shape index (κ1) is 21.7. The lowest BCUT2D eigenvalue weighted by molar-refractivity contribution is -0.121. The number of piperidine rings is 1. The summed E-state index contributed by atoms with van der Waals surface area (Å²) in [4.78, 5) is 15.0. The van der Waals surface area contributed by atoms with E-state index in [1.54, 1.807) is 6.92 Å². The molecule has 1 aliphatic heterocycles. The van der Waals surface area contributed by atoms with Crippen molar-refractivity contribution >= 4 is 21.6 Å². The second-order valence-corrected chi connectivity index (χ2v) is 9.43. The summed E-state index contributed by atoms with van der Waals surface area (Å²) < 4.78 is 26.1. The van der Waals surface area contributed by atoms with Gasteiger partial charge in [0.15, 0.2) is 0 Å². The van der Waals surface area contributed by atoms with Crippen LogP contribution >= 0.6 is 0 Å². The third kappa shape index (κ3) is 6.21. The summed E-state index contributed by atoms with van der Waals surface area (Å²) in [6.07, 6.45) is 5.84. The minimum absolute atomic E-state index is 0.264. The van der Waals surface area contributed by atoms with Crippen LogP contribution in [-0.2, 0) is 14.8 Å². The number of aryl methyl sites for hydroxylation is 2. The van der Waals surface area contributed by atoms with Crippen LogP contribution in [0.15, 0.2) is 18.2 Å².